The molecule has 1 saturated heterocycles. The average molecular weight is 526 g/mol. The maximum atomic E-state index is 14.0. The predicted molar refractivity (Wildman–Crippen MR) is 147 cm³/mol. The van der Waals surface area contributed by atoms with E-state index in [-0.39, 0.29) is 18.4 Å². The molecule has 2 aliphatic heterocycles. The molecule has 3 heterocycles. The molecule has 8 nitrogen and oxygen atoms in total. The molecule has 2 aliphatic rings. The van der Waals surface area contributed by atoms with E-state index in [2.05, 4.69) is 11.1 Å². The van der Waals surface area contributed by atoms with Crippen LogP contribution < -0.4 is 14.2 Å². The Morgan fingerprint density at radius 3 is 2.41 bits per heavy atom. The van der Waals surface area contributed by atoms with Crippen molar-refractivity contribution in [2.24, 2.45) is 0 Å². The standard InChI is InChI=1S/C31H31N3O5/c1-37-21-11-8-19(9-12-21)14-15-33-18-28(35)34-25(31(33)36)17-23-22-6-4-5-7-24(22)32-29(23)30(34)20-10-13-26(38-2)27(16-20)39-3/h4-13,16,25,30,32H,14-15,17-18H2,1-3H3. The van der Waals surface area contributed by atoms with E-state index in [4.69, 9.17) is 14.2 Å². The van der Waals surface area contributed by atoms with Crippen LogP contribution in [0.1, 0.15) is 28.4 Å². The SMILES string of the molecule is COc1ccc(CCN2CC(=O)N3C(Cc4c([nH]c5ccccc45)C3c3ccc(OC)c(OC)c3)C2=O)cc1. The summed E-state index contributed by atoms with van der Waals surface area (Å²) in [5, 5.41) is 1.08. The highest BCUT2D eigenvalue weighted by molar-refractivity contribution is 5.97. The van der Waals surface area contributed by atoms with E-state index in [1.807, 2.05) is 60.7 Å². The summed E-state index contributed by atoms with van der Waals surface area (Å²) >= 11 is 0. The van der Waals surface area contributed by atoms with Gasteiger partial charge in [0.25, 0.3) is 0 Å². The van der Waals surface area contributed by atoms with Crippen molar-refractivity contribution in [1.29, 1.82) is 0 Å². The molecule has 0 bridgehead atoms. The molecule has 2 atom stereocenters. The van der Waals surface area contributed by atoms with E-state index in [9.17, 15) is 9.59 Å². The molecule has 39 heavy (non-hydrogen) atoms. The lowest BCUT2D eigenvalue weighted by atomic mass is 9.86. The van der Waals surface area contributed by atoms with Crippen molar-refractivity contribution in [2.75, 3.05) is 34.4 Å². The van der Waals surface area contributed by atoms with Gasteiger partial charge in [0.15, 0.2) is 11.5 Å². The van der Waals surface area contributed by atoms with Crippen LogP contribution in [0.3, 0.4) is 0 Å². The third kappa shape index (κ3) is 4.26. The number of rotatable bonds is 7. The van der Waals surface area contributed by atoms with Crippen LogP contribution in [0.5, 0.6) is 17.2 Å². The van der Waals surface area contributed by atoms with Gasteiger partial charge in [-0.25, -0.2) is 0 Å². The van der Waals surface area contributed by atoms with Crippen molar-refractivity contribution >= 4 is 22.7 Å². The number of nitrogens with zero attached hydrogens (tertiary/aromatic N) is 2. The van der Waals surface area contributed by atoms with Crippen LogP contribution in [0.25, 0.3) is 10.9 Å². The number of aromatic amines is 1. The minimum Gasteiger partial charge on any atom is -0.497 e. The minimum atomic E-state index is -0.591. The molecular formula is C31H31N3O5. The number of nitrogens with one attached hydrogen (secondary N) is 1. The Labute approximate surface area is 227 Å². The molecular weight excluding hydrogens is 494 g/mol. The lowest BCUT2D eigenvalue weighted by molar-refractivity contribution is -0.158. The number of hydrogen-bond donors (Lipinski definition) is 1. The number of H-pyrrole nitrogens is 1. The molecule has 0 radical (unpaired) electrons. The van der Waals surface area contributed by atoms with E-state index in [1.165, 1.54) is 0 Å². The minimum absolute atomic E-state index is 0.0236. The fraction of sp³-hybridized carbons (Fsp3) is 0.290. The number of carbonyl (C=O) groups is 2. The number of aromatic nitrogens is 1. The van der Waals surface area contributed by atoms with Gasteiger partial charge in [0, 0.05) is 29.6 Å². The summed E-state index contributed by atoms with van der Waals surface area (Å²) < 4.78 is 16.3. The Morgan fingerprint density at radius 1 is 0.897 bits per heavy atom. The van der Waals surface area contributed by atoms with Crippen LogP contribution in [0, 0.1) is 0 Å². The molecule has 0 saturated carbocycles. The van der Waals surface area contributed by atoms with Crippen molar-refractivity contribution in [2.45, 2.75) is 24.9 Å². The summed E-state index contributed by atoms with van der Waals surface area (Å²) in [5.74, 6) is 1.88. The van der Waals surface area contributed by atoms with Gasteiger partial charge >= 0.3 is 0 Å². The molecule has 1 N–H and O–H groups in total. The second-order valence-electron chi connectivity index (χ2n) is 9.96. The van der Waals surface area contributed by atoms with Gasteiger partial charge in [-0.3, -0.25) is 9.59 Å². The summed E-state index contributed by atoms with van der Waals surface area (Å²) in [4.78, 5) is 34.8. The van der Waals surface area contributed by atoms with Crippen molar-refractivity contribution in [3.05, 3.63) is 89.1 Å². The highest BCUT2D eigenvalue weighted by Gasteiger charge is 2.48. The van der Waals surface area contributed by atoms with E-state index in [0.29, 0.717) is 30.9 Å². The first-order valence-electron chi connectivity index (χ1n) is 13.1. The molecule has 0 spiro atoms. The van der Waals surface area contributed by atoms with Crippen LogP contribution in [-0.4, -0.2) is 67.1 Å². The molecule has 1 aromatic heterocycles. The number of piperazine rings is 1. The Morgan fingerprint density at radius 2 is 1.67 bits per heavy atom. The van der Waals surface area contributed by atoms with Gasteiger partial charge in [-0.1, -0.05) is 36.4 Å². The topological polar surface area (TPSA) is 84.1 Å². The van der Waals surface area contributed by atoms with E-state index >= 15 is 0 Å². The van der Waals surface area contributed by atoms with E-state index in [1.54, 1.807) is 31.1 Å². The summed E-state index contributed by atoms with van der Waals surface area (Å²) in [6, 6.07) is 20.5. The van der Waals surface area contributed by atoms with Crippen molar-refractivity contribution < 1.29 is 23.8 Å². The Bertz CT molecular complexity index is 1540. The van der Waals surface area contributed by atoms with Gasteiger partial charge in [-0.05, 0) is 53.4 Å². The van der Waals surface area contributed by atoms with Gasteiger partial charge in [0.05, 0.1) is 33.9 Å². The number of ether oxygens (including phenoxy) is 3. The zero-order chi connectivity index (χ0) is 27.1. The second-order valence-corrected chi connectivity index (χ2v) is 9.96. The summed E-state index contributed by atoms with van der Waals surface area (Å²) in [6.07, 6.45) is 1.12. The molecule has 6 rings (SSSR count). The summed E-state index contributed by atoms with van der Waals surface area (Å²) in [6.45, 7) is 0.522. The fourth-order valence-electron chi connectivity index (χ4n) is 5.94. The second kappa shape index (κ2) is 10.0. The number of benzene rings is 3. The van der Waals surface area contributed by atoms with Gasteiger partial charge in [-0.15, -0.1) is 0 Å². The normalized spacial score (nSPS) is 18.6. The summed E-state index contributed by atoms with van der Waals surface area (Å²) in [5.41, 5.74) is 4.95. The number of amides is 2. The van der Waals surface area contributed by atoms with Crippen molar-refractivity contribution in [1.82, 2.24) is 14.8 Å². The Kier molecular flexibility index (Phi) is 6.38. The molecule has 4 aromatic rings. The number of fused-ring (bicyclic) bond motifs is 4. The van der Waals surface area contributed by atoms with Crippen molar-refractivity contribution in [3.8, 4) is 17.2 Å². The lowest BCUT2D eigenvalue weighted by Gasteiger charge is -2.47. The van der Waals surface area contributed by atoms with E-state index in [0.717, 1.165) is 39.0 Å². The quantitative estimate of drug-likeness (QED) is 0.393. The first-order valence-corrected chi connectivity index (χ1v) is 13.1. The van der Waals surface area contributed by atoms with Crippen LogP contribution in [0.4, 0.5) is 0 Å². The molecule has 2 unspecified atom stereocenters. The largest absolute Gasteiger partial charge is 0.497 e. The summed E-state index contributed by atoms with van der Waals surface area (Å²) in [7, 11) is 4.82. The van der Waals surface area contributed by atoms with Gasteiger partial charge in [-0.2, -0.15) is 0 Å². The zero-order valence-electron chi connectivity index (χ0n) is 22.3. The number of para-hydroxylation sites is 1. The first-order chi connectivity index (χ1) is 19.0. The number of hydrogen-bond acceptors (Lipinski definition) is 5. The van der Waals surface area contributed by atoms with Gasteiger partial charge in [0.1, 0.15) is 11.8 Å². The van der Waals surface area contributed by atoms with Gasteiger partial charge in [0.2, 0.25) is 11.8 Å². The highest BCUT2D eigenvalue weighted by Crippen LogP contribution is 2.44. The van der Waals surface area contributed by atoms with Crippen LogP contribution in [-0.2, 0) is 22.4 Å². The smallest absolute Gasteiger partial charge is 0.246 e. The Hall–Kier alpha value is -4.46. The fourth-order valence-corrected chi connectivity index (χ4v) is 5.94. The van der Waals surface area contributed by atoms with E-state index < -0.39 is 12.1 Å². The average Bonchev–Trinajstić information content (AvgIpc) is 3.35. The third-order valence-electron chi connectivity index (χ3n) is 7.90. The Balaban J connectivity index is 1.37. The molecule has 200 valence electrons. The molecule has 3 aromatic carbocycles. The number of methoxy groups -OCH3 is 3. The zero-order valence-corrected chi connectivity index (χ0v) is 22.3. The maximum absolute atomic E-state index is 14.0. The van der Waals surface area contributed by atoms with Gasteiger partial charge < -0.3 is 29.0 Å². The molecule has 1 fully saturated rings. The lowest BCUT2D eigenvalue weighted by Crippen LogP contribution is -2.63. The number of carbonyl (C=O) groups excluding carboxylic acids is 2. The highest BCUT2D eigenvalue weighted by atomic mass is 16.5. The predicted octanol–water partition coefficient (Wildman–Crippen LogP) is 4.12. The van der Waals surface area contributed by atoms with Crippen molar-refractivity contribution in [3.63, 3.8) is 0 Å². The van der Waals surface area contributed by atoms with Crippen LogP contribution >= 0.6 is 0 Å². The molecule has 8 heteroatoms. The van der Waals surface area contributed by atoms with Crippen LogP contribution in [0.2, 0.25) is 0 Å². The van der Waals surface area contributed by atoms with Crippen LogP contribution in [0.15, 0.2) is 66.7 Å². The molecule has 2 amide bonds. The monoisotopic (exact) mass is 525 g/mol. The third-order valence-corrected chi connectivity index (χ3v) is 7.90. The molecule has 0 aliphatic carbocycles. The first kappa shape index (κ1) is 24.9. The maximum Gasteiger partial charge on any atom is 0.246 e.